The van der Waals surface area contributed by atoms with Gasteiger partial charge in [-0.3, -0.25) is 5.32 Å². The lowest BCUT2D eigenvalue weighted by Crippen LogP contribution is -2.29. The van der Waals surface area contributed by atoms with Crippen molar-refractivity contribution in [2.24, 2.45) is 0 Å². The van der Waals surface area contributed by atoms with Gasteiger partial charge in [0, 0.05) is 6.54 Å². The number of rotatable bonds is 9. The molecule has 2 amide bonds. The highest BCUT2D eigenvalue weighted by Gasteiger charge is 2.13. The van der Waals surface area contributed by atoms with Gasteiger partial charge >= 0.3 is 12.0 Å². The third kappa shape index (κ3) is 6.06. The Kier molecular flexibility index (Phi) is 7.72. The Morgan fingerprint density at radius 1 is 1.20 bits per heavy atom. The van der Waals surface area contributed by atoms with Gasteiger partial charge in [0.1, 0.15) is 5.00 Å². The largest absolute Gasteiger partial charge is 0.478 e. The minimum Gasteiger partial charge on any atom is -0.478 e. The normalized spacial score (nSPS) is 10.2. The molecular formula is C14H22N2O3S. The van der Waals surface area contributed by atoms with E-state index in [0.717, 1.165) is 12.8 Å². The van der Waals surface area contributed by atoms with E-state index in [-0.39, 0.29) is 11.6 Å². The van der Waals surface area contributed by atoms with E-state index in [1.165, 1.54) is 43.1 Å². The quantitative estimate of drug-likeness (QED) is 0.604. The lowest BCUT2D eigenvalue weighted by molar-refractivity contribution is 0.0698. The maximum absolute atomic E-state index is 11.6. The molecule has 0 bridgehead atoms. The van der Waals surface area contributed by atoms with Crippen LogP contribution in [0, 0.1) is 0 Å². The fraction of sp³-hybridized carbons (Fsp3) is 0.571. The number of carboxylic acid groups (broad SMARTS) is 1. The number of anilines is 1. The fourth-order valence-corrected chi connectivity index (χ4v) is 2.60. The average Bonchev–Trinajstić information content (AvgIpc) is 2.86. The molecule has 1 aromatic heterocycles. The number of thiophene rings is 1. The van der Waals surface area contributed by atoms with E-state index in [1.807, 2.05) is 0 Å². The summed E-state index contributed by atoms with van der Waals surface area (Å²) in [6.45, 7) is 2.80. The molecule has 1 heterocycles. The van der Waals surface area contributed by atoms with Gasteiger partial charge in [0.25, 0.3) is 0 Å². The van der Waals surface area contributed by atoms with Gasteiger partial charge in [0.2, 0.25) is 0 Å². The highest BCUT2D eigenvalue weighted by atomic mass is 32.1. The van der Waals surface area contributed by atoms with Crippen LogP contribution in [0.1, 0.15) is 55.8 Å². The zero-order valence-corrected chi connectivity index (χ0v) is 12.6. The van der Waals surface area contributed by atoms with E-state index in [0.29, 0.717) is 11.5 Å². The highest BCUT2D eigenvalue weighted by molar-refractivity contribution is 7.14. The summed E-state index contributed by atoms with van der Waals surface area (Å²) in [5.74, 6) is -1.03. The molecule has 0 unspecified atom stereocenters. The molecule has 0 saturated heterocycles. The Balaban J connectivity index is 2.17. The zero-order chi connectivity index (χ0) is 14.8. The van der Waals surface area contributed by atoms with Crippen LogP contribution in [0.25, 0.3) is 0 Å². The molecule has 0 spiro atoms. The minimum absolute atomic E-state index is 0.129. The Morgan fingerprint density at radius 3 is 2.60 bits per heavy atom. The topological polar surface area (TPSA) is 78.4 Å². The number of amides is 2. The summed E-state index contributed by atoms with van der Waals surface area (Å²) in [6.07, 6.45) is 7.01. The van der Waals surface area contributed by atoms with Crippen LogP contribution in [0.15, 0.2) is 11.4 Å². The van der Waals surface area contributed by atoms with E-state index >= 15 is 0 Å². The molecule has 0 radical (unpaired) electrons. The molecule has 0 aliphatic carbocycles. The predicted octanol–water partition coefficient (Wildman–Crippen LogP) is 3.93. The van der Waals surface area contributed by atoms with Crippen molar-refractivity contribution in [3.8, 4) is 0 Å². The summed E-state index contributed by atoms with van der Waals surface area (Å²) in [5.41, 5.74) is 0.129. The first-order valence-electron chi connectivity index (χ1n) is 7.00. The third-order valence-corrected chi connectivity index (χ3v) is 3.77. The van der Waals surface area contributed by atoms with Crippen LogP contribution >= 0.6 is 11.3 Å². The second kappa shape index (κ2) is 9.36. The lowest BCUT2D eigenvalue weighted by Gasteiger charge is -2.06. The molecule has 0 saturated carbocycles. The number of carbonyl (C=O) groups is 2. The van der Waals surface area contributed by atoms with Crippen molar-refractivity contribution in [3.63, 3.8) is 0 Å². The number of carboxylic acids is 1. The molecule has 1 aromatic rings. The standard InChI is InChI=1S/C14H22N2O3S/c1-2-3-4-5-6-7-9-15-14(19)16-12-11(13(17)18)8-10-20-12/h8,10H,2-7,9H2,1H3,(H,17,18)(H2,15,16,19). The Labute approximate surface area is 123 Å². The van der Waals surface area contributed by atoms with Gasteiger partial charge in [0.05, 0.1) is 5.56 Å². The number of unbranched alkanes of at least 4 members (excludes halogenated alkanes) is 5. The van der Waals surface area contributed by atoms with Crippen molar-refractivity contribution in [2.45, 2.75) is 45.4 Å². The second-order valence-corrected chi connectivity index (χ2v) is 5.53. The van der Waals surface area contributed by atoms with Gasteiger partial charge in [-0.2, -0.15) is 0 Å². The van der Waals surface area contributed by atoms with E-state index in [4.69, 9.17) is 5.11 Å². The Hall–Kier alpha value is -1.56. The Morgan fingerprint density at radius 2 is 1.90 bits per heavy atom. The van der Waals surface area contributed by atoms with Crippen LogP contribution in [0.5, 0.6) is 0 Å². The zero-order valence-electron chi connectivity index (χ0n) is 11.8. The third-order valence-electron chi connectivity index (χ3n) is 2.94. The molecule has 0 atom stereocenters. The average molecular weight is 298 g/mol. The first kappa shape index (κ1) is 16.5. The minimum atomic E-state index is -1.03. The van der Waals surface area contributed by atoms with Crippen molar-refractivity contribution >= 4 is 28.3 Å². The van der Waals surface area contributed by atoms with Crippen molar-refractivity contribution in [1.82, 2.24) is 5.32 Å². The summed E-state index contributed by atoms with van der Waals surface area (Å²) >= 11 is 1.21. The molecule has 0 fully saturated rings. The number of urea groups is 1. The summed E-state index contributed by atoms with van der Waals surface area (Å²) in [7, 11) is 0. The van der Waals surface area contributed by atoms with Gasteiger partial charge in [-0.1, -0.05) is 39.0 Å². The SMILES string of the molecule is CCCCCCCCNC(=O)Nc1sccc1C(=O)O. The molecule has 5 nitrogen and oxygen atoms in total. The first-order chi connectivity index (χ1) is 9.65. The number of carbonyl (C=O) groups excluding carboxylic acids is 1. The molecular weight excluding hydrogens is 276 g/mol. The van der Waals surface area contributed by atoms with Crippen LogP contribution in [-0.2, 0) is 0 Å². The van der Waals surface area contributed by atoms with Crippen LogP contribution in [0.4, 0.5) is 9.80 Å². The molecule has 6 heteroatoms. The van der Waals surface area contributed by atoms with Gasteiger partial charge in [-0.05, 0) is 17.9 Å². The monoisotopic (exact) mass is 298 g/mol. The van der Waals surface area contributed by atoms with E-state index in [1.54, 1.807) is 5.38 Å². The molecule has 0 aromatic carbocycles. The number of nitrogens with one attached hydrogen (secondary N) is 2. The molecule has 0 aliphatic heterocycles. The summed E-state index contributed by atoms with van der Waals surface area (Å²) < 4.78 is 0. The van der Waals surface area contributed by atoms with Crippen LogP contribution in [-0.4, -0.2) is 23.7 Å². The van der Waals surface area contributed by atoms with E-state index in [9.17, 15) is 9.59 Å². The molecule has 0 aliphatic rings. The molecule has 3 N–H and O–H groups in total. The predicted molar refractivity (Wildman–Crippen MR) is 81.7 cm³/mol. The smallest absolute Gasteiger partial charge is 0.338 e. The van der Waals surface area contributed by atoms with Gasteiger partial charge < -0.3 is 10.4 Å². The second-order valence-electron chi connectivity index (χ2n) is 4.62. The Bertz CT molecular complexity index is 432. The van der Waals surface area contributed by atoms with Crippen LogP contribution in [0.2, 0.25) is 0 Å². The highest BCUT2D eigenvalue weighted by Crippen LogP contribution is 2.22. The van der Waals surface area contributed by atoms with Crippen molar-refractivity contribution < 1.29 is 14.7 Å². The maximum Gasteiger partial charge on any atom is 0.338 e. The van der Waals surface area contributed by atoms with Crippen molar-refractivity contribution in [3.05, 3.63) is 17.0 Å². The van der Waals surface area contributed by atoms with Gasteiger partial charge in [-0.15, -0.1) is 11.3 Å². The summed E-state index contributed by atoms with van der Waals surface area (Å²) in [4.78, 5) is 22.5. The molecule has 112 valence electrons. The fourth-order valence-electron chi connectivity index (χ4n) is 1.83. The summed E-state index contributed by atoms with van der Waals surface area (Å²) in [6, 6.07) is 1.14. The number of hydrogen-bond acceptors (Lipinski definition) is 3. The molecule has 1 rings (SSSR count). The van der Waals surface area contributed by atoms with Crippen LogP contribution in [0.3, 0.4) is 0 Å². The van der Waals surface area contributed by atoms with Crippen molar-refractivity contribution in [2.75, 3.05) is 11.9 Å². The molecule has 20 heavy (non-hydrogen) atoms. The van der Waals surface area contributed by atoms with Gasteiger partial charge in [-0.25, -0.2) is 9.59 Å². The lowest BCUT2D eigenvalue weighted by atomic mass is 10.1. The maximum atomic E-state index is 11.6. The van der Waals surface area contributed by atoms with Crippen molar-refractivity contribution in [1.29, 1.82) is 0 Å². The van der Waals surface area contributed by atoms with E-state index < -0.39 is 5.97 Å². The van der Waals surface area contributed by atoms with Gasteiger partial charge in [0.15, 0.2) is 0 Å². The number of aromatic carboxylic acids is 1. The first-order valence-corrected chi connectivity index (χ1v) is 7.88. The van der Waals surface area contributed by atoms with Crippen LogP contribution < -0.4 is 10.6 Å². The summed E-state index contributed by atoms with van der Waals surface area (Å²) in [5, 5.41) is 16.3. The van der Waals surface area contributed by atoms with E-state index in [2.05, 4.69) is 17.6 Å². The number of hydrogen-bond donors (Lipinski definition) is 3.